The molecule has 76 valence electrons. The van der Waals surface area contributed by atoms with E-state index >= 15 is 0 Å². The van der Waals surface area contributed by atoms with Gasteiger partial charge in [-0.2, -0.15) is 0 Å². The highest BCUT2D eigenvalue weighted by Crippen LogP contribution is 2.20. The average Bonchev–Trinajstić information content (AvgIpc) is 2.52. The van der Waals surface area contributed by atoms with Crippen LogP contribution in [0.5, 0.6) is 0 Å². The smallest absolute Gasteiger partial charge is 0.0899 e. The summed E-state index contributed by atoms with van der Waals surface area (Å²) in [4.78, 5) is 2.87. The maximum atomic E-state index is 8.79. The van der Waals surface area contributed by atoms with Gasteiger partial charge in [0.1, 0.15) is 0 Å². The first-order valence-electron chi connectivity index (χ1n) is 4.79. The van der Waals surface area contributed by atoms with Crippen molar-refractivity contribution in [1.29, 1.82) is 0 Å². The highest BCUT2D eigenvalue weighted by Gasteiger charge is 2.26. The van der Waals surface area contributed by atoms with Gasteiger partial charge in [-0.1, -0.05) is 12.2 Å². The molecule has 0 amide bonds. The number of likely N-dealkylation sites (tertiary alicyclic amines) is 1. The Morgan fingerprint density at radius 3 is 3.00 bits per heavy atom. The molecule has 0 saturated carbocycles. The Labute approximate surface area is 84.9 Å². The fraction of sp³-hybridized carbons (Fsp3) is 0.889. The lowest BCUT2D eigenvalue weighted by Crippen LogP contribution is -2.40. The van der Waals surface area contributed by atoms with Crippen molar-refractivity contribution in [1.82, 2.24) is 4.90 Å². The largest absolute Gasteiger partial charge is 0.396 e. The third-order valence-corrected chi connectivity index (χ3v) is 3.16. The highest BCUT2D eigenvalue weighted by molar-refractivity contribution is 7.80. The van der Waals surface area contributed by atoms with Gasteiger partial charge in [-0.3, -0.25) is 4.90 Å². The second-order valence-corrected chi connectivity index (χ2v) is 4.21. The van der Waals surface area contributed by atoms with E-state index in [9.17, 15) is 0 Å². The molecule has 4 heteroatoms. The maximum absolute atomic E-state index is 8.79. The number of aliphatic hydroxyl groups is 1. The molecule has 3 nitrogen and oxygen atoms in total. The molecule has 2 unspecified atom stereocenters. The Bertz CT molecular complexity index is 186. The van der Waals surface area contributed by atoms with Gasteiger partial charge in [0.05, 0.1) is 11.0 Å². The number of rotatable bonds is 4. The number of nitrogens with two attached hydrogens (primary N) is 1. The Hall–Kier alpha value is -0.190. The monoisotopic (exact) mass is 202 g/mol. The SMILES string of the molecule is CC(C(N)=S)N1CCC(CCO)C1. The summed E-state index contributed by atoms with van der Waals surface area (Å²) in [6, 6.07) is 0.207. The molecule has 3 N–H and O–H groups in total. The molecule has 0 radical (unpaired) electrons. The molecule has 0 bridgehead atoms. The van der Waals surface area contributed by atoms with E-state index in [0.29, 0.717) is 17.5 Å². The molecular formula is C9H18N2OS. The molecule has 1 rings (SSSR count). The summed E-state index contributed by atoms with van der Waals surface area (Å²) in [6.45, 7) is 4.42. The van der Waals surface area contributed by atoms with E-state index in [0.717, 1.165) is 25.9 Å². The van der Waals surface area contributed by atoms with E-state index < -0.39 is 0 Å². The van der Waals surface area contributed by atoms with E-state index in [1.807, 2.05) is 6.92 Å². The topological polar surface area (TPSA) is 49.5 Å². The fourth-order valence-corrected chi connectivity index (χ4v) is 1.96. The van der Waals surface area contributed by atoms with Crippen molar-refractivity contribution < 1.29 is 5.11 Å². The summed E-state index contributed by atoms with van der Waals surface area (Å²) in [6.07, 6.45) is 2.06. The molecule has 13 heavy (non-hydrogen) atoms. The molecule has 0 aromatic heterocycles. The molecule has 1 aliphatic rings. The number of hydrogen-bond donors (Lipinski definition) is 2. The minimum absolute atomic E-state index is 0.207. The lowest BCUT2D eigenvalue weighted by atomic mass is 10.1. The minimum atomic E-state index is 0.207. The van der Waals surface area contributed by atoms with Crippen LogP contribution in [0.25, 0.3) is 0 Å². The zero-order chi connectivity index (χ0) is 9.84. The first kappa shape index (κ1) is 10.9. The quantitative estimate of drug-likeness (QED) is 0.647. The third-order valence-electron chi connectivity index (χ3n) is 2.81. The van der Waals surface area contributed by atoms with Crippen molar-refractivity contribution in [3.8, 4) is 0 Å². The lowest BCUT2D eigenvalue weighted by molar-refractivity contribution is 0.247. The first-order chi connectivity index (χ1) is 6.15. The number of hydrogen-bond acceptors (Lipinski definition) is 3. The normalized spacial score (nSPS) is 26.2. The van der Waals surface area contributed by atoms with Gasteiger partial charge >= 0.3 is 0 Å². The van der Waals surface area contributed by atoms with E-state index in [4.69, 9.17) is 23.1 Å². The van der Waals surface area contributed by atoms with Crippen molar-refractivity contribution >= 4 is 17.2 Å². The van der Waals surface area contributed by atoms with Crippen molar-refractivity contribution in [2.75, 3.05) is 19.7 Å². The van der Waals surface area contributed by atoms with E-state index in [1.54, 1.807) is 0 Å². The molecule has 1 aliphatic heterocycles. The zero-order valence-corrected chi connectivity index (χ0v) is 8.89. The standard InChI is InChI=1S/C9H18N2OS/c1-7(9(10)13)11-4-2-8(6-11)3-5-12/h7-8,12H,2-6H2,1H3,(H2,10,13). The van der Waals surface area contributed by atoms with Crippen molar-refractivity contribution in [2.24, 2.45) is 11.7 Å². The Morgan fingerprint density at radius 1 is 1.77 bits per heavy atom. The molecule has 1 heterocycles. The predicted octanol–water partition coefficient (Wildman–Crippen LogP) is 0.365. The van der Waals surface area contributed by atoms with Crippen molar-refractivity contribution in [3.05, 3.63) is 0 Å². The maximum Gasteiger partial charge on any atom is 0.0899 e. The molecule has 1 saturated heterocycles. The summed E-state index contributed by atoms with van der Waals surface area (Å²) >= 11 is 4.94. The van der Waals surface area contributed by atoms with Gasteiger partial charge in [0, 0.05) is 13.2 Å². The lowest BCUT2D eigenvalue weighted by Gasteiger charge is -2.22. The molecule has 0 aliphatic carbocycles. The number of nitrogens with zero attached hydrogens (tertiary/aromatic N) is 1. The average molecular weight is 202 g/mol. The van der Waals surface area contributed by atoms with Gasteiger partial charge in [-0.05, 0) is 32.2 Å². The molecular weight excluding hydrogens is 184 g/mol. The summed E-state index contributed by atoms with van der Waals surface area (Å²) in [5, 5.41) is 8.79. The van der Waals surface area contributed by atoms with Crippen LogP contribution in [0, 0.1) is 5.92 Å². The molecule has 0 aromatic rings. The van der Waals surface area contributed by atoms with Crippen molar-refractivity contribution in [2.45, 2.75) is 25.8 Å². The third kappa shape index (κ3) is 2.90. The van der Waals surface area contributed by atoms with Gasteiger partial charge in [-0.15, -0.1) is 0 Å². The molecule has 0 aromatic carbocycles. The summed E-state index contributed by atoms with van der Waals surface area (Å²) in [5.41, 5.74) is 5.58. The van der Waals surface area contributed by atoms with Gasteiger partial charge in [0.2, 0.25) is 0 Å². The van der Waals surface area contributed by atoms with Gasteiger partial charge in [-0.25, -0.2) is 0 Å². The van der Waals surface area contributed by atoms with Crippen LogP contribution in [0.15, 0.2) is 0 Å². The van der Waals surface area contributed by atoms with Crippen LogP contribution >= 0.6 is 12.2 Å². The van der Waals surface area contributed by atoms with Gasteiger partial charge in [0.15, 0.2) is 0 Å². The van der Waals surface area contributed by atoms with Crippen LogP contribution in [-0.4, -0.2) is 40.7 Å². The van der Waals surface area contributed by atoms with Crippen LogP contribution in [0.3, 0.4) is 0 Å². The van der Waals surface area contributed by atoms with E-state index in [2.05, 4.69) is 4.90 Å². The molecule has 1 fully saturated rings. The second-order valence-electron chi connectivity index (χ2n) is 3.74. The minimum Gasteiger partial charge on any atom is -0.396 e. The Kier molecular flexibility index (Phi) is 4.09. The van der Waals surface area contributed by atoms with Crippen molar-refractivity contribution in [3.63, 3.8) is 0 Å². The summed E-state index contributed by atoms with van der Waals surface area (Å²) in [5.74, 6) is 0.627. The highest BCUT2D eigenvalue weighted by atomic mass is 32.1. The van der Waals surface area contributed by atoms with Crippen LogP contribution in [0.4, 0.5) is 0 Å². The predicted molar refractivity (Wildman–Crippen MR) is 57.6 cm³/mol. The van der Waals surface area contributed by atoms with Gasteiger partial charge in [0.25, 0.3) is 0 Å². The van der Waals surface area contributed by atoms with Crippen LogP contribution in [-0.2, 0) is 0 Å². The Balaban J connectivity index is 2.36. The van der Waals surface area contributed by atoms with E-state index in [-0.39, 0.29) is 6.04 Å². The number of aliphatic hydroxyl groups excluding tert-OH is 1. The summed E-state index contributed by atoms with van der Waals surface area (Å²) < 4.78 is 0. The van der Waals surface area contributed by atoms with Crippen LogP contribution < -0.4 is 5.73 Å². The first-order valence-corrected chi connectivity index (χ1v) is 5.20. The molecule has 0 spiro atoms. The fourth-order valence-electron chi connectivity index (χ4n) is 1.81. The van der Waals surface area contributed by atoms with Gasteiger partial charge < -0.3 is 10.8 Å². The van der Waals surface area contributed by atoms with Crippen LogP contribution in [0.2, 0.25) is 0 Å². The van der Waals surface area contributed by atoms with Crippen LogP contribution in [0.1, 0.15) is 19.8 Å². The zero-order valence-electron chi connectivity index (χ0n) is 8.07. The van der Waals surface area contributed by atoms with E-state index in [1.165, 1.54) is 0 Å². The Morgan fingerprint density at radius 2 is 2.46 bits per heavy atom. The second kappa shape index (κ2) is 4.88. The summed E-state index contributed by atoms with van der Waals surface area (Å²) in [7, 11) is 0. The molecule has 2 atom stereocenters. The number of thiocarbonyl (C=S) groups is 1.